The van der Waals surface area contributed by atoms with Gasteiger partial charge in [-0.1, -0.05) is 29.8 Å². The number of para-hydroxylation sites is 1. The van der Waals surface area contributed by atoms with Crippen molar-refractivity contribution in [2.45, 2.75) is 0 Å². The zero-order valence-corrected chi connectivity index (χ0v) is 19.0. The number of nitrogens with two attached hydrogens (primary N) is 1. The number of nitrogens with zero attached hydrogens (tertiary/aromatic N) is 4. The molecule has 0 saturated heterocycles. The number of hydrogen-bond donors (Lipinski definition) is 2. The second kappa shape index (κ2) is 9.55. The summed E-state index contributed by atoms with van der Waals surface area (Å²) in [4.78, 5) is 8.96. The van der Waals surface area contributed by atoms with Crippen LogP contribution in [0.1, 0.15) is 0 Å². The quantitative estimate of drug-likeness (QED) is 0.292. The van der Waals surface area contributed by atoms with Crippen molar-refractivity contribution in [3.8, 4) is 22.7 Å². The molecular formula is C25H19ClF2N6O. The first kappa shape index (κ1) is 22.5. The van der Waals surface area contributed by atoms with Gasteiger partial charge < -0.3 is 15.8 Å². The molecule has 176 valence electrons. The summed E-state index contributed by atoms with van der Waals surface area (Å²) in [7, 11) is 0. The topological polar surface area (TPSA) is 90.9 Å². The van der Waals surface area contributed by atoms with Crippen molar-refractivity contribution in [3.63, 3.8) is 0 Å². The highest BCUT2D eigenvalue weighted by Crippen LogP contribution is 2.34. The maximum Gasteiger partial charge on any atom is 0.225 e. The van der Waals surface area contributed by atoms with Crippen LogP contribution in [0.25, 0.3) is 28.0 Å². The Hall–Kier alpha value is -4.24. The van der Waals surface area contributed by atoms with Gasteiger partial charge in [-0.2, -0.15) is 4.98 Å². The summed E-state index contributed by atoms with van der Waals surface area (Å²) in [5.41, 5.74) is 7.57. The van der Waals surface area contributed by atoms with E-state index in [2.05, 4.69) is 20.4 Å². The van der Waals surface area contributed by atoms with Gasteiger partial charge in [-0.3, -0.25) is 0 Å². The fourth-order valence-corrected chi connectivity index (χ4v) is 3.72. The van der Waals surface area contributed by atoms with Gasteiger partial charge in [0.15, 0.2) is 5.65 Å². The zero-order chi connectivity index (χ0) is 24.4. The SMILES string of the molecule is Nc1c2c(-c3ccc(F)cc3F)nc(NCCOc3ccccc3)nc2nn1-c1ccc(Cl)cc1. The van der Waals surface area contributed by atoms with E-state index in [4.69, 9.17) is 22.1 Å². The van der Waals surface area contributed by atoms with Crippen molar-refractivity contribution in [2.24, 2.45) is 0 Å². The molecule has 35 heavy (non-hydrogen) atoms. The normalized spacial score (nSPS) is 11.1. The minimum absolute atomic E-state index is 0.0738. The largest absolute Gasteiger partial charge is 0.492 e. The summed E-state index contributed by atoms with van der Waals surface area (Å²) in [6.45, 7) is 0.714. The van der Waals surface area contributed by atoms with Gasteiger partial charge in [-0.15, -0.1) is 5.10 Å². The number of anilines is 2. The molecule has 3 N–H and O–H groups in total. The number of fused-ring (bicyclic) bond motifs is 1. The monoisotopic (exact) mass is 492 g/mol. The highest BCUT2D eigenvalue weighted by molar-refractivity contribution is 6.30. The lowest BCUT2D eigenvalue weighted by Crippen LogP contribution is -2.13. The van der Waals surface area contributed by atoms with Crippen LogP contribution >= 0.6 is 11.6 Å². The molecule has 0 spiro atoms. The van der Waals surface area contributed by atoms with Crippen LogP contribution in [-0.2, 0) is 0 Å². The van der Waals surface area contributed by atoms with E-state index in [1.807, 2.05) is 30.3 Å². The summed E-state index contributed by atoms with van der Waals surface area (Å²) in [6, 6.07) is 19.5. The Labute approximate surface area is 204 Å². The number of rotatable bonds is 7. The zero-order valence-electron chi connectivity index (χ0n) is 18.3. The molecule has 0 unspecified atom stereocenters. The van der Waals surface area contributed by atoms with Gasteiger partial charge >= 0.3 is 0 Å². The minimum Gasteiger partial charge on any atom is -0.492 e. The minimum atomic E-state index is -0.776. The second-order valence-electron chi connectivity index (χ2n) is 7.58. The summed E-state index contributed by atoms with van der Waals surface area (Å²) in [5.74, 6) is -0.331. The van der Waals surface area contributed by atoms with E-state index in [1.165, 1.54) is 10.7 Å². The molecule has 10 heteroatoms. The standard InChI is InChI=1S/C25H19ClF2N6O/c26-15-6-9-17(10-7-15)34-23(29)21-22(19-11-8-16(27)14-20(19)28)31-25(32-24(21)33-34)30-12-13-35-18-4-2-1-3-5-18/h1-11,14H,12-13,29H2,(H,30,32,33). The van der Waals surface area contributed by atoms with Gasteiger partial charge in [0, 0.05) is 16.7 Å². The first-order valence-electron chi connectivity index (χ1n) is 10.7. The predicted octanol–water partition coefficient (Wildman–Crippen LogP) is 5.49. The van der Waals surface area contributed by atoms with Gasteiger partial charge in [0.25, 0.3) is 0 Å². The Morgan fingerprint density at radius 3 is 2.49 bits per heavy atom. The van der Waals surface area contributed by atoms with Gasteiger partial charge in [0.2, 0.25) is 5.95 Å². The molecule has 5 aromatic rings. The van der Waals surface area contributed by atoms with Crippen LogP contribution in [0.2, 0.25) is 5.02 Å². The second-order valence-corrected chi connectivity index (χ2v) is 8.02. The predicted molar refractivity (Wildman–Crippen MR) is 132 cm³/mol. The Morgan fingerprint density at radius 2 is 1.74 bits per heavy atom. The molecule has 0 aliphatic carbocycles. The van der Waals surface area contributed by atoms with Crippen LogP contribution in [0, 0.1) is 11.6 Å². The third-order valence-corrected chi connectivity index (χ3v) is 5.48. The molecule has 0 fully saturated rings. The van der Waals surface area contributed by atoms with E-state index in [1.54, 1.807) is 24.3 Å². The number of ether oxygens (including phenoxy) is 1. The molecule has 2 aromatic heterocycles. The van der Waals surface area contributed by atoms with Gasteiger partial charge in [-0.25, -0.2) is 18.4 Å². The highest BCUT2D eigenvalue weighted by atomic mass is 35.5. The maximum atomic E-state index is 14.8. The Morgan fingerprint density at radius 1 is 0.971 bits per heavy atom. The lowest BCUT2D eigenvalue weighted by atomic mass is 10.1. The summed E-state index contributed by atoms with van der Waals surface area (Å²) in [5, 5.41) is 8.49. The van der Waals surface area contributed by atoms with E-state index in [-0.39, 0.29) is 28.7 Å². The van der Waals surface area contributed by atoms with Crippen LogP contribution in [-0.4, -0.2) is 32.9 Å². The number of nitrogens with one attached hydrogen (secondary N) is 1. The van der Waals surface area contributed by atoms with E-state index >= 15 is 0 Å². The summed E-state index contributed by atoms with van der Waals surface area (Å²) in [6.07, 6.45) is 0. The van der Waals surface area contributed by atoms with Crippen LogP contribution in [0.15, 0.2) is 72.8 Å². The van der Waals surface area contributed by atoms with E-state index in [0.29, 0.717) is 29.2 Å². The number of hydrogen-bond acceptors (Lipinski definition) is 6. The first-order chi connectivity index (χ1) is 17.0. The lowest BCUT2D eigenvalue weighted by molar-refractivity contribution is 0.332. The average Bonchev–Trinajstić information content (AvgIpc) is 3.19. The molecule has 0 saturated carbocycles. The molecule has 0 aliphatic rings. The van der Waals surface area contributed by atoms with Crippen molar-refractivity contribution in [3.05, 3.63) is 89.5 Å². The van der Waals surface area contributed by atoms with Gasteiger partial charge in [0.1, 0.15) is 29.8 Å². The van der Waals surface area contributed by atoms with Crippen molar-refractivity contribution in [1.82, 2.24) is 19.7 Å². The number of aromatic nitrogens is 4. The summed E-state index contributed by atoms with van der Waals surface area (Å²) >= 11 is 6.00. The fourth-order valence-electron chi connectivity index (χ4n) is 3.59. The Bertz CT molecular complexity index is 1490. The third kappa shape index (κ3) is 4.71. The van der Waals surface area contributed by atoms with Crippen molar-refractivity contribution >= 4 is 34.4 Å². The molecule has 5 rings (SSSR count). The molecule has 0 atom stereocenters. The molecular weight excluding hydrogens is 474 g/mol. The molecule has 0 amide bonds. The molecule has 0 bridgehead atoms. The van der Waals surface area contributed by atoms with E-state index < -0.39 is 11.6 Å². The van der Waals surface area contributed by atoms with Crippen molar-refractivity contribution < 1.29 is 13.5 Å². The molecule has 0 aliphatic heterocycles. The highest BCUT2D eigenvalue weighted by Gasteiger charge is 2.21. The van der Waals surface area contributed by atoms with Gasteiger partial charge in [0.05, 0.1) is 23.3 Å². The maximum absolute atomic E-state index is 14.8. The molecule has 3 aromatic carbocycles. The summed E-state index contributed by atoms with van der Waals surface area (Å²) < 4.78 is 35.5. The fraction of sp³-hybridized carbons (Fsp3) is 0.0800. The van der Waals surface area contributed by atoms with E-state index in [9.17, 15) is 8.78 Å². The molecule has 0 radical (unpaired) electrons. The number of nitrogen functional groups attached to an aromatic ring is 1. The molecule has 7 nitrogen and oxygen atoms in total. The van der Waals surface area contributed by atoms with Crippen LogP contribution < -0.4 is 15.8 Å². The third-order valence-electron chi connectivity index (χ3n) is 5.22. The average molecular weight is 493 g/mol. The van der Waals surface area contributed by atoms with Gasteiger partial charge in [-0.05, 0) is 48.5 Å². The van der Waals surface area contributed by atoms with E-state index in [0.717, 1.165) is 17.9 Å². The Balaban J connectivity index is 1.53. The smallest absolute Gasteiger partial charge is 0.225 e. The van der Waals surface area contributed by atoms with Crippen LogP contribution in [0.4, 0.5) is 20.5 Å². The van der Waals surface area contributed by atoms with Crippen LogP contribution in [0.3, 0.4) is 0 Å². The van der Waals surface area contributed by atoms with Crippen LogP contribution in [0.5, 0.6) is 5.75 Å². The van der Waals surface area contributed by atoms with Crippen molar-refractivity contribution in [1.29, 1.82) is 0 Å². The van der Waals surface area contributed by atoms with Crippen molar-refractivity contribution in [2.75, 3.05) is 24.2 Å². The lowest BCUT2D eigenvalue weighted by Gasteiger charge is -2.10. The Kier molecular flexibility index (Phi) is 6.15. The number of halogens is 3. The first-order valence-corrected chi connectivity index (χ1v) is 11.1. The molecule has 2 heterocycles. The number of benzene rings is 3.